The zero-order chi connectivity index (χ0) is 32.6. The fourth-order valence-electron chi connectivity index (χ4n) is 3.84. The molecule has 0 amide bonds. The molecule has 0 fully saturated rings. The number of aliphatic hydroxyl groups excluding tert-OH is 1. The molecule has 236 valence electrons. The van der Waals surface area contributed by atoms with E-state index in [1.165, 1.54) is 24.3 Å². The lowest BCUT2D eigenvalue weighted by Crippen LogP contribution is -2.37. The third-order valence-corrected chi connectivity index (χ3v) is 6.13. The molecule has 0 saturated carbocycles. The maximum Gasteiger partial charge on any atom is 0.420 e. The number of Topliss-reactive ketones (excluding diaryl/α,β-unsaturated/α-hetero) is 1. The Morgan fingerprint density at radius 3 is 2.23 bits per heavy atom. The minimum absolute atomic E-state index is 0.0736. The van der Waals surface area contributed by atoms with Crippen LogP contribution in [-0.4, -0.2) is 63.4 Å². The topological polar surface area (TPSA) is 121 Å². The number of ketones is 1. The molecule has 1 N–H and O–H groups in total. The van der Waals surface area contributed by atoms with Crippen molar-refractivity contribution in [2.45, 2.75) is 50.6 Å². The fourth-order valence-corrected chi connectivity index (χ4v) is 3.96. The summed E-state index contributed by atoms with van der Waals surface area (Å²) in [7, 11) is 0. The minimum atomic E-state index is -5.14. The van der Waals surface area contributed by atoms with Crippen LogP contribution >= 0.6 is 11.6 Å². The van der Waals surface area contributed by atoms with E-state index in [2.05, 4.69) is 20.2 Å². The number of hydrogen-bond acceptors (Lipinski definition) is 7. The molecule has 0 aliphatic rings. The Balaban J connectivity index is 1.82. The third kappa shape index (κ3) is 7.44. The molecule has 44 heavy (non-hydrogen) atoms. The Bertz CT molecular complexity index is 1710. The van der Waals surface area contributed by atoms with Gasteiger partial charge in [-0.1, -0.05) is 11.6 Å². The SMILES string of the molecule is O=C(CCC(F)(F)F)c1nc(Cn2nc(-c3ccc(Cl)cc3)n(C[C@H](O)C(F)(F)F)c2=O)nn1-c1ncccc1C(F)(F)F. The number of nitrogens with zero attached hydrogens (tertiary/aromatic N) is 7. The van der Waals surface area contributed by atoms with Crippen LogP contribution in [0.3, 0.4) is 0 Å². The van der Waals surface area contributed by atoms with Gasteiger partial charge in [-0.05, 0) is 36.4 Å². The summed E-state index contributed by atoms with van der Waals surface area (Å²) >= 11 is 5.84. The number of hydrogen-bond donors (Lipinski definition) is 1. The number of carbonyl (C=O) groups is 1. The fraction of sp³-hybridized carbons (Fsp3) is 0.333. The van der Waals surface area contributed by atoms with E-state index in [-0.39, 0.29) is 21.1 Å². The van der Waals surface area contributed by atoms with Crippen LogP contribution in [0, 0.1) is 0 Å². The Morgan fingerprint density at radius 1 is 0.977 bits per heavy atom. The summed E-state index contributed by atoms with van der Waals surface area (Å²) in [5, 5.41) is 17.6. The third-order valence-electron chi connectivity index (χ3n) is 5.88. The maximum absolute atomic E-state index is 13.7. The summed E-state index contributed by atoms with van der Waals surface area (Å²) in [6, 6.07) is 6.75. The minimum Gasteiger partial charge on any atom is -0.382 e. The van der Waals surface area contributed by atoms with Crippen molar-refractivity contribution in [3.8, 4) is 17.2 Å². The van der Waals surface area contributed by atoms with Gasteiger partial charge in [-0.25, -0.2) is 19.4 Å². The summed E-state index contributed by atoms with van der Waals surface area (Å²) in [6.45, 7) is -2.18. The van der Waals surface area contributed by atoms with Crippen molar-refractivity contribution in [1.29, 1.82) is 0 Å². The second-order valence-electron chi connectivity index (χ2n) is 9.11. The van der Waals surface area contributed by atoms with E-state index in [0.29, 0.717) is 15.3 Å². The van der Waals surface area contributed by atoms with Gasteiger partial charge in [0.2, 0.25) is 11.6 Å². The summed E-state index contributed by atoms with van der Waals surface area (Å²) in [4.78, 5) is 33.1. The van der Waals surface area contributed by atoms with Crippen LogP contribution in [-0.2, 0) is 19.3 Å². The lowest BCUT2D eigenvalue weighted by atomic mass is 10.2. The van der Waals surface area contributed by atoms with E-state index in [4.69, 9.17) is 11.6 Å². The quantitative estimate of drug-likeness (QED) is 0.202. The largest absolute Gasteiger partial charge is 0.420 e. The molecule has 10 nitrogen and oxygen atoms in total. The standard InChI is InChI=1S/C24H17ClF9N7O3/c25-13-5-3-12(4-6-13)18-38-40(21(44)39(18)10-16(43)24(32,33)34)11-17-36-20(15(42)7-8-22(26,27)28)41(37-17)19-14(23(29,30)31)2-1-9-35-19/h1-6,9,16,43H,7-8,10-11H2/t16-/m0/s1. The summed E-state index contributed by atoms with van der Waals surface area (Å²) in [5.74, 6) is -4.37. The van der Waals surface area contributed by atoms with E-state index >= 15 is 0 Å². The summed E-state index contributed by atoms with van der Waals surface area (Å²) in [6.07, 6.45) is -20.0. The molecule has 0 bridgehead atoms. The van der Waals surface area contributed by atoms with Gasteiger partial charge in [0.25, 0.3) is 0 Å². The molecule has 0 aliphatic carbocycles. The second kappa shape index (κ2) is 12.0. The Kier molecular flexibility index (Phi) is 8.92. The van der Waals surface area contributed by atoms with Crippen molar-refractivity contribution < 1.29 is 49.4 Å². The molecule has 1 aromatic carbocycles. The van der Waals surface area contributed by atoms with Gasteiger partial charge in [0.05, 0.1) is 13.0 Å². The van der Waals surface area contributed by atoms with Crippen LogP contribution in [0.1, 0.15) is 34.8 Å². The molecule has 4 aromatic rings. The number of alkyl halides is 9. The van der Waals surface area contributed by atoms with Crippen molar-refractivity contribution in [3.63, 3.8) is 0 Å². The van der Waals surface area contributed by atoms with Crippen LogP contribution in [0.15, 0.2) is 47.4 Å². The van der Waals surface area contributed by atoms with Crippen LogP contribution in [0.5, 0.6) is 0 Å². The smallest absolute Gasteiger partial charge is 0.382 e. The van der Waals surface area contributed by atoms with Crippen LogP contribution < -0.4 is 5.69 Å². The molecule has 1 atom stereocenters. The van der Waals surface area contributed by atoms with Gasteiger partial charge in [0.1, 0.15) is 12.1 Å². The van der Waals surface area contributed by atoms with E-state index in [0.717, 1.165) is 12.3 Å². The zero-order valence-corrected chi connectivity index (χ0v) is 22.4. The van der Waals surface area contributed by atoms with E-state index in [1.807, 2.05) is 0 Å². The average molecular weight is 658 g/mol. The highest BCUT2D eigenvalue weighted by Crippen LogP contribution is 2.33. The van der Waals surface area contributed by atoms with Crippen LogP contribution in [0.2, 0.25) is 5.02 Å². The highest BCUT2D eigenvalue weighted by molar-refractivity contribution is 6.30. The number of benzene rings is 1. The van der Waals surface area contributed by atoms with Gasteiger partial charge in [-0.3, -0.25) is 9.36 Å². The Labute approximate surface area is 244 Å². The predicted molar refractivity (Wildman–Crippen MR) is 132 cm³/mol. The van der Waals surface area contributed by atoms with Gasteiger partial charge in [0.15, 0.2) is 23.6 Å². The number of aliphatic hydroxyl groups is 1. The normalized spacial score (nSPS) is 13.3. The highest BCUT2D eigenvalue weighted by Gasteiger charge is 2.40. The lowest BCUT2D eigenvalue weighted by Gasteiger charge is -2.15. The number of halogens is 10. The van der Waals surface area contributed by atoms with Crippen molar-refractivity contribution in [2.24, 2.45) is 0 Å². The molecular formula is C24H17ClF9N7O3. The average Bonchev–Trinajstić information content (AvgIpc) is 3.48. The van der Waals surface area contributed by atoms with Crippen molar-refractivity contribution in [2.75, 3.05) is 0 Å². The van der Waals surface area contributed by atoms with Crippen molar-refractivity contribution >= 4 is 17.4 Å². The predicted octanol–water partition coefficient (Wildman–Crippen LogP) is 4.86. The lowest BCUT2D eigenvalue weighted by molar-refractivity contribution is -0.207. The van der Waals surface area contributed by atoms with Gasteiger partial charge in [0, 0.05) is 23.2 Å². The highest BCUT2D eigenvalue weighted by atomic mass is 35.5. The molecule has 3 heterocycles. The molecule has 0 saturated heterocycles. The first-order valence-electron chi connectivity index (χ1n) is 12.1. The van der Waals surface area contributed by atoms with Crippen LogP contribution in [0.4, 0.5) is 39.5 Å². The summed E-state index contributed by atoms with van der Waals surface area (Å²) in [5.41, 5.74) is -2.60. The van der Waals surface area contributed by atoms with Gasteiger partial charge >= 0.3 is 24.2 Å². The summed E-state index contributed by atoms with van der Waals surface area (Å²) < 4.78 is 120. The number of pyridine rings is 1. The zero-order valence-electron chi connectivity index (χ0n) is 21.6. The first-order chi connectivity index (χ1) is 20.3. The first kappa shape index (κ1) is 32.6. The van der Waals surface area contributed by atoms with E-state index < -0.39 is 85.1 Å². The number of rotatable bonds is 9. The molecule has 0 aliphatic heterocycles. The molecule has 20 heteroatoms. The Hall–Kier alpha value is -4.26. The van der Waals surface area contributed by atoms with Crippen molar-refractivity contribution in [1.82, 2.24) is 34.1 Å². The maximum atomic E-state index is 13.7. The molecule has 4 rings (SSSR count). The van der Waals surface area contributed by atoms with Crippen molar-refractivity contribution in [3.05, 3.63) is 75.3 Å². The number of carbonyl (C=O) groups excluding carboxylic acids is 1. The molecule has 0 radical (unpaired) electrons. The molecule has 0 spiro atoms. The molecular weight excluding hydrogens is 641 g/mol. The van der Waals surface area contributed by atoms with Gasteiger partial charge in [-0.2, -0.15) is 44.2 Å². The monoisotopic (exact) mass is 657 g/mol. The first-order valence-corrected chi connectivity index (χ1v) is 12.5. The molecule has 3 aromatic heterocycles. The van der Waals surface area contributed by atoms with Gasteiger partial charge in [-0.15, -0.1) is 10.2 Å². The second-order valence-corrected chi connectivity index (χ2v) is 9.55. The van der Waals surface area contributed by atoms with E-state index in [9.17, 15) is 54.2 Å². The van der Waals surface area contributed by atoms with Gasteiger partial charge < -0.3 is 5.11 Å². The van der Waals surface area contributed by atoms with Crippen LogP contribution in [0.25, 0.3) is 17.2 Å². The van der Waals surface area contributed by atoms with E-state index in [1.54, 1.807) is 0 Å². The Morgan fingerprint density at radius 2 is 1.64 bits per heavy atom. The number of aromatic nitrogens is 7. The molecule has 0 unspecified atom stereocenters.